The van der Waals surface area contributed by atoms with E-state index in [-0.39, 0.29) is 64.4 Å². The third-order valence-corrected chi connectivity index (χ3v) is 7.63. The second kappa shape index (κ2) is 12.3. The number of aromatic nitrogens is 3. The van der Waals surface area contributed by atoms with Crippen LogP contribution < -0.4 is 4.74 Å². The molecule has 47 heavy (non-hydrogen) atoms. The quantitative estimate of drug-likeness (QED) is 0.165. The summed E-state index contributed by atoms with van der Waals surface area (Å²) in [4.78, 5) is 19.6. The summed E-state index contributed by atoms with van der Waals surface area (Å²) in [6, 6.07) is 7.30. The first-order valence-electron chi connectivity index (χ1n) is 13.9. The molecule has 7 nitrogen and oxygen atoms in total. The minimum absolute atomic E-state index is 0.120. The van der Waals surface area contributed by atoms with E-state index in [0.29, 0.717) is 19.1 Å². The van der Waals surface area contributed by atoms with Crippen molar-refractivity contribution in [1.82, 2.24) is 14.5 Å². The van der Waals surface area contributed by atoms with E-state index in [1.807, 2.05) is 0 Å². The van der Waals surface area contributed by atoms with Gasteiger partial charge in [-0.3, -0.25) is 0 Å². The molecule has 1 fully saturated rings. The van der Waals surface area contributed by atoms with Crippen molar-refractivity contribution in [3.8, 4) is 17.1 Å². The lowest BCUT2D eigenvalue weighted by Crippen LogP contribution is -2.31. The van der Waals surface area contributed by atoms with Crippen molar-refractivity contribution >= 4 is 17.0 Å². The van der Waals surface area contributed by atoms with E-state index >= 15 is 8.78 Å². The molecular weight excluding hydrogens is 642 g/mol. The van der Waals surface area contributed by atoms with E-state index in [0.717, 1.165) is 36.4 Å². The Hall–Kier alpha value is -5.05. The van der Waals surface area contributed by atoms with Crippen LogP contribution in [0.25, 0.3) is 22.3 Å². The van der Waals surface area contributed by atoms with E-state index in [9.17, 15) is 36.2 Å². The Morgan fingerprint density at radius 1 is 0.894 bits per heavy atom. The van der Waals surface area contributed by atoms with Crippen LogP contribution in [0.15, 0.2) is 54.6 Å². The average molecular weight is 664 g/mol. The summed E-state index contributed by atoms with van der Waals surface area (Å²) in [5.41, 5.74) is -2.74. The first-order chi connectivity index (χ1) is 22.3. The molecule has 0 amide bonds. The minimum Gasteiger partial charge on any atom is -0.478 e. The van der Waals surface area contributed by atoms with Crippen LogP contribution in [0.4, 0.5) is 35.1 Å². The number of carboxylic acids is 1. The predicted molar refractivity (Wildman–Crippen MR) is 149 cm³/mol. The molecule has 1 aliphatic heterocycles. The van der Waals surface area contributed by atoms with Gasteiger partial charge in [-0.05, 0) is 60.5 Å². The maximum atomic E-state index is 15.5. The van der Waals surface area contributed by atoms with Gasteiger partial charge in [-0.2, -0.15) is 13.2 Å². The molecule has 0 spiro atoms. The molecule has 0 bridgehead atoms. The Morgan fingerprint density at radius 3 is 2.30 bits per heavy atom. The van der Waals surface area contributed by atoms with E-state index in [1.54, 1.807) is 0 Å². The highest BCUT2D eigenvalue weighted by Crippen LogP contribution is 2.32. The molecule has 5 aromatic rings. The second-order valence-electron chi connectivity index (χ2n) is 10.7. The second-order valence-corrected chi connectivity index (χ2v) is 10.7. The van der Waals surface area contributed by atoms with Crippen molar-refractivity contribution in [1.29, 1.82) is 0 Å². The van der Waals surface area contributed by atoms with Gasteiger partial charge in [0.05, 0.1) is 35.0 Å². The number of ether oxygens (including phenoxy) is 2. The molecule has 1 aliphatic rings. The molecule has 244 valence electrons. The van der Waals surface area contributed by atoms with Gasteiger partial charge in [0, 0.05) is 24.2 Å². The van der Waals surface area contributed by atoms with Crippen LogP contribution in [0.5, 0.6) is 5.88 Å². The highest BCUT2D eigenvalue weighted by Gasteiger charge is 2.31. The SMILES string of the molecule is O=C(O)c1cc(F)c2nc(Cc3cc(F)c(-c4ccc(F)c(OCc5ccc(C(F)(F)F)cc5F)n4)cc3F)n(C[C@@H]3CCO3)c2c1. The minimum atomic E-state index is -4.78. The molecule has 0 radical (unpaired) electrons. The van der Waals surface area contributed by atoms with Crippen LogP contribution in [0.2, 0.25) is 0 Å². The van der Waals surface area contributed by atoms with Crippen molar-refractivity contribution < 1.29 is 54.5 Å². The van der Waals surface area contributed by atoms with Gasteiger partial charge in [0.1, 0.15) is 35.4 Å². The lowest BCUT2D eigenvalue weighted by atomic mass is 10.0. The molecular formula is C32H21F8N3O4. The topological polar surface area (TPSA) is 86.5 Å². The molecule has 0 aliphatic carbocycles. The summed E-state index contributed by atoms with van der Waals surface area (Å²) in [5.74, 6) is -7.09. The number of halogens is 8. The standard InChI is InChI=1S/C32H21F8N3O4/c33-21-3-4-26(41-30(21)47-14-15-1-2-18(11-22(15)34)32(38,39)40)20-12-23(35)16(7-24(20)36)10-28-42-29-25(37)8-17(31(44)45)9-27(29)43(28)13-19-5-6-46-19/h1-4,7-9,11-12,19H,5-6,10,13-14H2,(H,44,45)/t19-/m0/s1. The molecule has 1 saturated heterocycles. The van der Waals surface area contributed by atoms with Gasteiger partial charge < -0.3 is 19.1 Å². The van der Waals surface area contributed by atoms with Crippen LogP contribution >= 0.6 is 0 Å². The monoisotopic (exact) mass is 663 g/mol. The molecule has 6 rings (SSSR count). The average Bonchev–Trinajstić information content (AvgIpc) is 3.33. The predicted octanol–water partition coefficient (Wildman–Crippen LogP) is 7.47. The fourth-order valence-corrected chi connectivity index (χ4v) is 5.08. The summed E-state index contributed by atoms with van der Waals surface area (Å²) in [5, 5.41) is 9.39. The molecule has 1 N–H and O–H groups in total. The maximum Gasteiger partial charge on any atom is 0.416 e. The number of nitrogens with zero attached hydrogens (tertiary/aromatic N) is 3. The number of pyridine rings is 1. The molecule has 1 atom stereocenters. The van der Waals surface area contributed by atoms with E-state index in [2.05, 4.69) is 9.97 Å². The molecule has 15 heteroatoms. The van der Waals surface area contributed by atoms with Crippen LogP contribution in [0.1, 0.15) is 39.3 Å². The largest absolute Gasteiger partial charge is 0.478 e. The van der Waals surface area contributed by atoms with E-state index in [4.69, 9.17) is 9.47 Å². The number of aromatic carboxylic acids is 1. The summed E-state index contributed by atoms with van der Waals surface area (Å²) in [6.07, 6.45) is -4.70. The number of rotatable bonds is 9. The highest BCUT2D eigenvalue weighted by atomic mass is 19.4. The van der Waals surface area contributed by atoms with Gasteiger partial charge in [0.15, 0.2) is 11.6 Å². The Kier molecular flexibility index (Phi) is 8.34. The number of fused-ring (bicyclic) bond motifs is 1. The molecule has 0 unspecified atom stereocenters. The number of carboxylic acid groups (broad SMARTS) is 1. The maximum absolute atomic E-state index is 15.5. The van der Waals surface area contributed by atoms with Gasteiger partial charge in [0.2, 0.25) is 0 Å². The third-order valence-electron chi connectivity index (χ3n) is 7.63. The number of benzene rings is 3. The first kappa shape index (κ1) is 31.9. The van der Waals surface area contributed by atoms with Crippen LogP contribution in [-0.4, -0.2) is 38.3 Å². The summed E-state index contributed by atoms with van der Waals surface area (Å²) < 4.78 is 125. The van der Waals surface area contributed by atoms with Crippen LogP contribution in [-0.2, 0) is 30.5 Å². The van der Waals surface area contributed by atoms with Crippen molar-refractivity contribution in [3.63, 3.8) is 0 Å². The van der Waals surface area contributed by atoms with Crippen molar-refractivity contribution in [3.05, 3.63) is 112 Å². The first-order valence-corrected chi connectivity index (χ1v) is 13.9. The van der Waals surface area contributed by atoms with Gasteiger partial charge in [-0.25, -0.2) is 36.7 Å². The smallest absolute Gasteiger partial charge is 0.416 e. The number of alkyl halides is 3. The molecule has 0 saturated carbocycles. The van der Waals surface area contributed by atoms with E-state index < -0.39 is 64.8 Å². The normalized spacial score (nSPS) is 14.8. The Balaban J connectivity index is 1.28. The number of carbonyl (C=O) groups is 1. The number of imidazole rings is 1. The molecule has 3 aromatic carbocycles. The summed E-state index contributed by atoms with van der Waals surface area (Å²) >= 11 is 0. The fourth-order valence-electron chi connectivity index (χ4n) is 5.08. The Bertz CT molecular complexity index is 2020. The van der Waals surface area contributed by atoms with Gasteiger partial charge in [-0.15, -0.1) is 0 Å². The summed E-state index contributed by atoms with van der Waals surface area (Å²) in [6.45, 7) is -0.0530. The van der Waals surface area contributed by atoms with Crippen molar-refractivity contribution in [2.45, 2.75) is 38.3 Å². The van der Waals surface area contributed by atoms with Gasteiger partial charge in [0.25, 0.3) is 5.88 Å². The van der Waals surface area contributed by atoms with Crippen LogP contribution in [0.3, 0.4) is 0 Å². The summed E-state index contributed by atoms with van der Waals surface area (Å²) in [7, 11) is 0. The highest BCUT2D eigenvalue weighted by molar-refractivity contribution is 5.92. The van der Waals surface area contributed by atoms with E-state index in [1.165, 1.54) is 10.6 Å². The molecule has 3 heterocycles. The lowest BCUT2D eigenvalue weighted by Gasteiger charge is -2.27. The molecule has 2 aromatic heterocycles. The third kappa shape index (κ3) is 6.48. The van der Waals surface area contributed by atoms with Gasteiger partial charge >= 0.3 is 12.1 Å². The van der Waals surface area contributed by atoms with Gasteiger partial charge in [-0.1, -0.05) is 6.07 Å². The fraction of sp³-hybridized carbons (Fsp3) is 0.219. The van der Waals surface area contributed by atoms with Crippen molar-refractivity contribution in [2.24, 2.45) is 0 Å². The zero-order chi connectivity index (χ0) is 33.6. The Morgan fingerprint density at radius 2 is 1.64 bits per heavy atom. The Labute approximate surface area is 260 Å². The number of hydrogen-bond donors (Lipinski definition) is 1. The zero-order valence-corrected chi connectivity index (χ0v) is 23.8. The van der Waals surface area contributed by atoms with Crippen LogP contribution in [0, 0.1) is 29.1 Å². The number of hydrogen-bond acceptors (Lipinski definition) is 5. The van der Waals surface area contributed by atoms with Crippen molar-refractivity contribution in [2.75, 3.05) is 6.61 Å². The lowest BCUT2D eigenvalue weighted by molar-refractivity contribution is -0.137. The zero-order valence-electron chi connectivity index (χ0n) is 23.8.